The number of aliphatic hydroxyl groups is 1. The zero-order valence-electron chi connectivity index (χ0n) is 7.23. The molecule has 0 aromatic heterocycles. The fourth-order valence-electron chi connectivity index (χ4n) is 1.38. The lowest BCUT2D eigenvalue weighted by atomic mass is 9.95. The van der Waals surface area contributed by atoms with Crippen LogP contribution in [-0.2, 0) is 0 Å². The van der Waals surface area contributed by atoms with Crippen LogP contribution in [-0.4, -0.2) is 17.2 Å². The Labute approximate surface area is 76.0 Å². The summed E-state index contributed by atoms with van der Waals surface area (Å²) in [5.41, 5.74) is 0.556. The maximum atomic E-state index is 11.6. The van der Waals surface area contributed by atoms with Gasteiger partial charge >= 0.3 is 0 Å². The molecule has 0 spiro atoms. The molecule has 0 radical (unpaired) electrons. The van der Waals surface area contributed by atoms with Gasteiger partial charge in [0.2, 0.25) is 6.29 Å². The van der Waals surface area contributed by atoms with Gasteiger partial charge in [-0.2, -0.15) is 0 Å². The van der Waals surface area contributed by atoms with Crippen molar-refractivity contribution in [2.45, 2.75) is 13.2 Å². The molecule has 0 fully saturated rings. The van der Waals surface area contributed by atoms with Crippen molar-refractivity contribution >= 4 is 5.78 Å². The average molecular weight is 178 g/mol. The second-order valence-electron chi connectivity index (χ2n) is 3.16. The summed E-state index contributed by atoms with van der Waals surface area (Å²) in [7, 11) is 0. The maximum Gasteiger partial charge on any atom is 0.207 e. The molecule has 1 aromatic rings. The number of Topliss-reactive ketones (excluding diaryl/α,β-unsaturated/α-hetero) is 1. The van der Waals surface area contributed by atoms with Crippen LogP contribution in [0, 0.1) is 5.92 Å². The summed E-state index contributed by atoms with van der Waals surface area (Å²) in [5.74, 6) is -0.0673. The third-order valence-electron chi connectivity index (χ3n) is 2.24. The second kappa shape index (κ2) is 2.85. The molecule has 0 amide bonds. The van der Waals surface area contributed by atoms with E-state index in [1.54, 1.807) is 31.2 Å². The number of para-hydroxylation sites is 1. The van der Waals surface area contributed by atoms with Crippen molar-refractivity contribution in [2.75, 3.05) is 0 Å². The summed E-state index contributed by atoms with van der Waals surface area (Å²) in [4.78, 5) is 11.6. The molecular weight excluding hydrogens is 168 g/mol. The van der Waals surface area contributed by atoms with Crippen molar-refractivity contribution in [3.8, 4) is 5.75 Å². The first-order valence-electron chi connectivity index (χ1n) is 4.18. The van der Waals surface area contributed by atoms with Crippen LogP contribution < -0.4 is 4.74 Å². The van der Waals surface area contributed by atoms with Crippen molar-refractivity contribution in [3.63, 3.8) is 0 Å². The van der Waals surface area contributed by atoms with E-state index < -0.39 is 12.2 Å². The van der Waals surface area contributed by atoms with Crippen LogP contribution in [0.4, 0.5) is 0 Å². The molecule has 2 unspecified atom stereocenters. The summed E-state index contributed by atoms with van der Waals surface area (Å²) >= 11 is 0. The number of ether oxygens (including phenoxy) is 1. The molecule has 2 rings (SSSR count). The van der Waals surface area contributed by atoms with Crippen LogP contribution in [0.3, 0.4) is 0 Å². The topological polar surface area (TPSA) is 46.5 Å². The van der Waals surface area contributed by atoms with E-state index in [1.807, 2.05) is 0 Å². The number of aliphatic hydroxyl groups excluding tert-OH is 1. The lowest BCUT2D eigenvalue weighted by molar-refractivity contribution is -0.0544. The molecule has 13 heavy (non-hydrogen) atoms. The van der Waals surface area contributed by atoms with Crippen LogP contribution in [0.2, 0.25) is 0 Å². The molecule has 1 N–H and O–H groups in total. The van der Waals surface area contributed by atoms with E-state index in [-0.39, 0.29) is 5.78 Å². The molecule has 3 heteroatoms. The lowest BCUT2D eigenvalue weighted by Gasteiger charge is -2.26. The number of benzene rings is 1. The molecule has 68 valence electrons. The smallest absolute Gasteiger partial charge is 0.207 e. The van der Waals surface area contributed by atoms with E-state index in [9.17, 15) is 9.90 Å². The van der Waals surface area contributed by atoms with Gasteiger partial charge in [-0.15, -0.1) is 0 Å². The van der Waals surface area contributed by atoms with Crippen molar-refractivity contribution in [1.82, 2.24) is 0 Å². The van der Waals surface area contributed by atoms with Gasteiger partial charge in [0, 0.05) is 0 Å². The molecular formula is C10H10O3. The van der Waals surface area contributed by atoms with E-state index in [0.29, 0.717) is 11.3 Å². The van der Waals surface area contributed by atoms with Gasteiger partial charge in [0.15, 0.2) is 5.78 Å². The van der Waals surface area contributed by atoms with Gasteiger partial charge in [-0.25, -0.2) is 0 Å². The van der Waals surface area contributed by atoms with Gasteiger partial charge in [0.1, 0.15) is 5.75 Å². The summed E-state index contributed by atoms with van der Waals surface area (Å²) in [6, 6.07) is 6.95. The van der Waals surface area contributed by atoms with E-state index in [0.717, 1.165) is 0 Å². The van der Waals surface area contributed by atoms with Gasteiger partial charge in [0.05, 0.1) is 11.5 Å². The average Bonchev–Trinajstić information content (AvgIpc) is 2.15. The first kappa shape index (κ1) is 8.26. The van der Waals surface area contributed by atoms with Crippen LogP contribution in [0.25, 0.3) is 0 Å². The summed E-state index contributed by atoms with van der Waals surface area (Å²) < 4.78 is 5.15. The molecule has 0 saturated heterocycles. The van der Waals surface area contributed by atoms with Gasteiger partial charge in [-0.1, -0.05) is 12.1 Å². The monoisotopic (exact) mass is 178 g/mol. The number of carbonyl (C=O) groups excluding carboxylic acids is 1. The molecule has 0 aliphatic carbocycles. The van der Waals surface area contributed by atoms with Crippen LogP contribution in [0.15, 0.2) is 24.3 Å². The Morgan fingerprint density at radius 2 is 2.08 bits per heavy atom. The Hall–Kier alpha value is -1.35. The number of carbonyl (C=O) groups is 1. The molecule has 2 atom stereocenters. The van der Waals surface area contributed by atoms with E-state index in [4.69, 9.17) is 4.74 Å². The van der Waals surface area contributed by atoms with Crippen LogP contribution in [0.5, 0.6) is 5.75 Å². The van der Waals surface area contributed by atoms with Gasteiger partial charge < -0.3 is 9.84 Å². The summed E-state index contributed by atoms with van der Waals surface area (Å²) in [6.07, 6.45) is -1.01. The molecule has 1 aliphatic heterocycles. The van der Waals surface area contributed by atoms with Crippen LogP contribution in [0.1, 0.15) is 17.3 Å². The lowest BCUT2D eigenvalue weighted by Crippen LogP contribution is -2.35. The van der Waals surface area contributed by atoms with E-state index >= 15 is 0 Å². The summed E-state index contributed by atoms with van der Waals surface area (Å²) in [5, 5.41) is 9.35. The molecule has 1 aliphatic rings. The Morgan fingerprint density at radius 3 is 2.85 bits per heavy atom. The first-order chi connectivity index (χ1) is 6.20. The van der Waals surface area contributed by atoms with E-state index in [2.05, 4.69) is 0 Å². The van der Waals surface area contributed by atoms with Gasteiger partial charge in [0.25, 0.3) is 0 Å². The second-order valence-corrected chi connectivity index (χ2v) is 3.16. The number of hydrogen-bond donors (Lipinski definition) is 1. The molecule has 0 saturated carbocycles. The normalized spacial score (nSPS) is 26.5. The maximum absolute atomic E-state index is 11.6. The highest BCUT2D eigenvalue weighted by Gasteiger charge is 2.31. The number of rotatable bonds is 0. The standard InChI is InChI=1S/C10H10O3/c1-6-9(11)7-4-2-3-5-8(7)13-10(6)12/h2-6,10,12H,1H3. The fraction of sp³-hybridized carbons (Fsp3) is 0.300. The molecule has 1 heterocycles. The number of ketones is 1. The zero-order chi connectivity index (χ0) is 9.42. The van der Waals surface area contributed by atoms with Crippen molar-refractivity contribution in [1.29, 1.82) is 0 Å². The number of fused-ring (bicyclic) bond motifs is 1. The third kappa shape index (κ3) is 1.21. The quantitative estimate of drug-likeness (QED) is 0.649. The Kier molecular flexibility index (Phi) is 1.81. The number of hydrogen-bond acceptors (Lipinski definition) is 3. The summed E-state index contributed by atoms with van der Waals surface area (Å²) in [6.45, 7) is 1.66. The largest absolute Gasteiger partial charge is 0.464 e. The minimum atomic E-state index is -1.01. The highest BCUT2D eigenvalue weighted by molar-refractivity contribution is 6.01. The van der Waals surface area contributed by atoms with Crippen molar-refractivity contribution < 1.29 is 14.6 Å². The third-order valence-corrected chi connectivity index (χ3v) is 2.24. The zero-order valence-corrected chi connectivity index (χ0v) is 7.23. The Morgan fingerprint density at radius 1 is 1.38 bits per heavy atom. The highest BCUT2D eigenvalue weighted by atomic mass is 16.6. The minimum absolute atomic E-state index is 0.0608. The predicted octanol–water partition coefficient (Wildman–Crippen LogP) is 1.22. The van der Waals surface area contributed by atoms with Crippen LogP contribution >= 0.6 is 0 Å². The van der Waals surface area contributed by atoms with Gasteiger partial charge in [-0.3, -0.25) is 4.79 Å². The van der Waals surface area contributed by atoms with E-state index in [1.165, 1.54) is 0 Å². The highest BCUT2D eigenvalue weighted by Crippen LogP contribution is 2.29. The van der Waals surface area contributed by atoms with Crippen molar-refractivity contribution in [3.05, 3.63) is 29.8 Å². The Bertz CT molecular complexity index is 346. The fourth-order valence-corrected chi connectivity index (χ4v) is 1.38. The first-order valence-corrected chi connectivity index (χ1v) is 4.18. The predicted molar refractivity (Wildman–Crippen MR) is 46.6 cm³/mol. The van der Waals surface area contributed by atoms with Crippen molar-refractivity contribution in [2.24, 2.45) is 5.92 Å². The minimum Gasteiger partial charge on any atom is -0.464 e. The van der Waals surface area contributed by atoms with Gasteiger partial charge in [-0.05, 0) is 19.1 Å². The SMILES string of the molecule is CC1C(=O)c2ccccc2OC1O. The molecule has 1 aromatic carbocycles. The molecule has 0 bridgehead atoms. The molecule has 3 nitrogen and oxygen atoms in total. The Balaban J connectivity index is 2.49.